The van der Waals surface area contributed by atoms with Crippen LogP contribution in [0.25, 0.3) is 0 Å². The summed E-state index contributed by atoms with van der Waals surface area (Å²) in [6, 6.07) is 0. The molecule has 0 amide bonds. The fourth-order valence-electron chi connectivity index (χ4n) is 2.66. The molecule has 2 aliphatic rings. The van der Waals surface area contributed by atoms with E-state index in [0.29, 0.717) is 11.8 Å². The molecule has 1 saturated carbocycles. The summed E-state index contributed by atoms with van der Waals surface area (Å²) in [6.45, 7) is 4.62. The van der Waals surface area contributed by atoms with Crippen molar-refractivity contribution in [2.75, 3.05) is 13.1 Å². The Labute approximate surface area is 102 Å². The van der Waals surface area contributed by atoms with E-state index in [0.717, 1.165) is 30.6 Å². The van der Waals surface area contributed by atoms with E-state index in [2.05, 4.69) is 22.4 Å². The van der Waals surface area contributed by atoms with E-state index in [1.807, 2.05) is 0 Å². The molecule has 94 valence electrons. The Morgan fingerprint density at radius 1 is 1.41 bits per heavy atom. The van der Waals surface area contributed by atoms with Crippen LogP contribution in [0.15, 0.2) is 4.52 Å². The Hall–Kier alpha value is -0.900. The monoisotopic (exact) mass is 235 g/mol. The van der Waals surface area contributed by atoms with Gasteiger partial charge in [0.15, 0.2) is 5.82 Å². The predicted molar refractivity (Wildman–Crippen MR) is 64.7 cm³/mol. The van der Waals surface area contributed by atoms with Gasteiger partial charge in [-0.15, -0.1) is 0 Å². The van der Waals surface area contributed by atoms with Crippen molar-refractivity contribution in [3.05, 3.63) is 11.7 Å². The first-order chi connectivity index (χ1) is 8.33. The van der Waals surface area contributed by atoms with Crippen LogP contribution in [-0.4, -0.2) is 23.2 Å². The Balaban J connectivity index is 1.56. The SMILES string of the molecule is CC(Cc1nc(C2CC2)no1)C1CCCNC1. The molecule has 1 N–H and O–H groups in total. The Bertz CT molecular complexity index is 366. The van der Waals surface area contributed by atoms with Gasteiger partial charge in [0, 0.05) is 12.3 Å². The highest BCUT2D eigenvalue weighted by molar-refractivity contribution is 5.03. The predicted octanol–water partition coefficient (Wildman–Crippen LogP) is 2.13. The minimum Gasteiger partial charge on any atom is -0.339 e. The number of hydrogen-bond donors (Lipinski definition) is 1. The molecular weight excluding hydrogens is 214 g/mol. The zero-order chi connectivity index (χ0) is 11.7. The van der Waals surface area contributed by atoms with Crippen LogP contribution >= 0.6 is 0 Å². The lowest BCUT2D eigenvalue weighted by Gasteiger charge is -2.27. The normalized spacial score (nSPS) is 27.0. The van der Waals surface area contributed by atoms with Crippen LogP contribution in [0, 0.1) is 11.8 Å². The van der Waals surface area contributed by atoms with Crippen molar-refractivity contribution >= 4 is 0 Å². The zero-order valence-electron chi connectivity index (χ0n) is 10.5. The lowest BCUT2D eigenvalue weighted by atomic mass is 9.85. The molecular formula is C13H21N3O. The van der Waals surface area contributed by atoms with Crippen LogP contribution in [0.2, 0.25) is 0 Å². The van der Waals surface area contributed by atoms with Crippen molar-refractivity contribution in [3.8, 4) is 0 Å². The summed E-state index contributed by atoms with van der Waals surface area (Å²) < 4.78 is 5.35. The highest BCUT2D eigenvalue weighted by atomic mass is 16.5. The Morgan fingerprint density at radius 3 is 3.00 bits per heavy atom. The average Bonchev–Trinajstić information content (AvgIpc) is 3.12. The molecule has 1 aromatic rings. The smallest absolute Gasteiger partial charge is 0.226 e. The molecule has 1 aromatic heterocycles. The van der Waals surface area contributed by atoms with Crippen LogP contribution in [-0.2, 0) is 6.42 Å². The second kappa shape index (κ2) is 4.77. The van der Waals surface area contributed by atoms with Gasteiger partial charge in [0.2, 0.25) is 5.89 Å². The molecule has 17 heavy (non-hydrogen) atoms. The van der Waals surface area contributed by atoms with Crippen LogP contribution in [0.1, 0.15) is 50.2 Å². The van der Waals surface area contributed by atoms with Crippen molar-refractivity contribution in [2.45, 2.75) is 44.9 Å². The van der Waals surface area contributed by atoms with Gasteiger partial charge in [-0.3, -0.25) is 0 Å². The van der Waals surface area contributed by atoms with E-state index in [1.165, 1.54) is 32.2 Å². The lowest BCUT2D eigenvalue weighted by molar-refractivity contribution is 0.256. The van der Waals surface area contributed by atoms with Crippen molar-refractivity contribution < 1.29 is 4.52 Å². The van der Waals surface area contributed by atoms with Gasteiger partial charge in [-0.05, 0) is 50.6 Å². The third-order valence-electron chi connectivity index (χ3n) is 4.06. The summed E-state index contributed by atoms with van der Waals surface area (Å²) in [5, 5.41) is 7.54. The fourth-order valence-corrected chi connectivity index (χ4v) is 2.66. The molecule has 1 aliphatic heterocycles. The van der Waals surface area contributed by atoms with E-state index in [9.17, 15) is 0 Å². The number of hydrogen-bond acceptors (Lipinski definition) is 4. The molecule has 4 nitrogen and oxygen atoms in total. The number of piperidine rings is 1. The van der Waals surface area contributed by atoms with E-state index in [4.69, 9.17) is 4.52 Å². The molecule has 1 aliphatic carbocycles. The standard InChI is InChI=1S/C13H21N3O/c1-9(11-3-2-6-14-8-11)7-12-15-13(16-17-12)10-4-5-10/h9-11,14H,2-8H2,1H3. The van der Waals surface area contributed by atoms with Crippen molar-refractivity contribution in [1.82, 2.24) is 15.5 Å². The van der Waals surface area contributed by atoms with Gasteiger partial charge < -0.3 is 9.84 Å². The third-order valence-corrected chi connectivity index (χ3v) is 4.06. The molecule has 0 bridgehead atoms. The second-order valence-electron chi connectivity index (χ2n) is 5.61. The number of rotatable bonds is 4. The van der Waals surface area contributed by atoms with Crippen molar-refractivity contribution in [2.24, 2.45) is 11.8 Å². The number of nitrogens with zero attached hydrogens (tertiary/aromatic N) is 2. The molecule has 0 aromatic carbocycles. The first-order valence-corrected chi connectivity index (χ1v) is 6.86. The molecule has 0 radical (unpaired) electrons. The van der Waals surface area contributed by atoms with Gasteiger partial charge in [-0.25, -0.2) is 0 Å². The maximum atomic E-state index is 5.35. The van der Waals surface area contributed by atoms with Crippen LogP contribution in [0.3, 0.4) is 0 Å². The van der Waals surface area contributed by atoms with E-state index >= 15 is 0 Å². The molecule has 2 unspecified atom stereocenters. The van der Waals surface area contributed by atoms with Gasteiger partial charge >= 0.3 is 0 Å². The van der Waals surface area contributed by atoms with Crippen LogP contribution < -0.4 is 5.32 Å². The molecule has 1 saturated heterocycles. The molecule has 3 rings (SSSR count). The summed E-state index contributed by atoms with van der Waals surface area (Å²) in [5.41, 5.74) is 0. The molecule has 2 heterocycles. The topological polar surface area (TPSA) is 51.0 Å². The molecule has 2 fully saturated rings. The summed E-state index contributed by atoms with van der Waals surface area (Å²) in [4.78, 5) is 4.51. The summed E-state index contributed by atoms with van der Waals surface area (Å²) >= 11 is 0. The molecule has 4 heteroatoms. The van der Waals surface area contributed by atoms with E-state index < -0.39 is 0 Å². The molecule has 2 atom stereocenters. The lowest BCUT2D eigenvalue weighted by Crippen LogP contribution is -2.33. The zero-order valence-corrected chi connectivity index (χ0v) is 10.5. The summed E-state index contributed by atoms with van der Waals surface area (Å²) in [5.74, 6) is 3.77. The van der Waals surface area contributed by atoms with E-state index in [1.54, 1.807) is 0 Å². The first kappa shape index (κ1) is 11.2. The van der Waals surface area contributed by atoms with Crippen molar-refractivity contribution in [3.63, 3.8) is 0 Å². The van der Waals surface area contributed by atoms with Gasteiger partial charge in [-0.2, -0.15) is 4.98 Å². The minimum absolute atomic E-state index is 0.596. The summed E-state index contributed by atoms with van der Waals surface area (Å²) in [6.07, 6.45) is 6.04. The first-order valence-electron chi connectivity index (χ1n) is 6.86. The highest BCUT2D eigenvalue weighted by Crippen LogP contribution is 2.38. The third kappa shape index (κ3) is 2.68. The largest absolute Gasteiger partial charge is 0.339 e. The van der Waals surface area contributed by atoms with Crippen LogP contribution in [0.5, 0.6) is 0 Å². The molecule has 0 spiro atoms. The summed E-state index contributed by atoms with van der Waals surface area (Å²) in [7, 11) is 0. The van der Waals surface area contributed by atoms with Crippen molar-refractivity contribution in [1.29, 1.82) is 0 Å². The maximum Gasteiger partial charge on any atom is 0.226 e. The van der Waals surface area contributed by atoms with Gasteiger partial charge in [0.25, 0.3) is 0 Å². The quantitative estimate of drug-likeness (QED) is 0.868. The maximum absolute atomic E-state index is 5.35. The van der Waals surface area contributed by atoms with E-state index in [-0.39, 0.29) is 0 Å². The minimum atomic E-state index is 0.596. The number of nitrogens with one attached hydrogen (secondary N) is 1. The highest BCUT2D eigenvalue weighted by Gasteiger charge is 2.29. The Morgan fingerprint density at radius 2 is 2.29 bits per heavy atom. The van der Waals surface area contributed by atoms with Gasteiger partial charge in [-0.1, -0.05) is 12.1 Å². The Kier molecular flexibility index (Phi) is 3.14. The van der Waals surface area contributed by atoms with Gasteiger partial charge in [0.05, 0.1) is 0 Å². The second-order valence-corrected chi connectivity index (χ2v) is 5.61. The van der Waals surface area contributed by atoms with Gasteiger partial charge in [0.1, 0.15) is 0 Å². The average molecular weight is 235 g/mol. The number of aromatic nitrogens is 2. The fraction of sp³-hybridized carbons (Fsp3) is 0.846. The van der Waals surface area contributed by atoms with Crippen LogP contribution in [0.4, 0.5) is 0 Å².